The lowest BCUT2D eigenvalue weighted by Gasteiger charge is -2.29. The molecule has 0 saturated carbocycles. The van der Waals surface area contributed by atoms with Crippen LogP contribution < -0.4 is 0 Å². The van der Waals surface area contributed by atoms with Crippen LogP contribution in [0.2, 0.25) is 0 Å². The molecule has 0 atom stereocenters. The Hall–Kier alpha value is -1.06. The molecule has 0 aromatic rings. The summed E-state index contributed by atoms with van der Waals surface area (Å²) in [6.45, 7) is -0.103. The summed E-state index contributed by atoms with van der Waals surface area (Å²) < 4.78 is 30.0. The van der Waals surface area contributed by atoms with Crippen LogP contribution in [0.3, 0.4) is 0 Å². The van der Waals surface area contributed by atoms with Gasteiger partial charge in [-0.05, 0) is 25.7 Å². The second kappa shape index (κ2) is 10.7. The lowest BCUT2D eigenvalue weighted by molar-refractivity contribution is -0.181. The minimum atomic E-state index is -3.16. The van der Waals surface area contributed by atoms with Crippen molar-refractivity contribution in [2.45, 2.75) is 20.8 Å². The maximum Gasteiger partial charge on any atom is 0.329 e. The quantitative estimate of drug-likeness (QED) is 0.222. The summed E-state index contributed by atoms with van der Waals surface area (Å²) >= 11 is 5.04. The predicted molar refractivity (Wildman–Crippen MR) is 86.6 cm³/mol. The zero-order valence-corrected chi connectivity index (χ0v) is 16.1. The number of hydrogen-bond donors (Lipinski definition) is 0. The lowest BCUT2D eigenvalue weighted by Crippen LogP contribution is -2.49. The number of ether oxygens (including phenoxy) is 3. The third-order valence-corrected chi connectivity index (χ3v) is 5.32. The Morgan fingerprint density at radius 1 is 0.917 bits per heavy atom. The van der Waals surface area contributed by atoms with Gasteiger partial charge in [-0.3, -0.25) is 14.4 Å². The van der Waals surface area contributed by atoms with E-state index in [1.165, 1.54) is 14.2 Å². The van der Waals surface area contributed by atoms with E-state index < -0.39 is 43.3 Å². The molecule has 11 heteroatoms. The molecular weight excluding hydrogens is 363 g/mol. The molecule has 0 fully saturated rings. The van der Waals surface area contributed by atoms with Crippen LogP contribution in [0.15, 0.2) is 0 Å². The van der Waals surface area contributed by atoms with Crippen LogP contribution in [0.5, 0.6) is 0 Å². The van der Waals surface area contributed by atoms with Gasteiger partial charge in [0.25, 0.3) is 0 Å². The summed E-state index contributed by atoms with van der Waals surface area (Å²) in [4.78, 5) is 35.9. The SMILES string of the molecule is CCOC(=O)C(COC(C)=O)(COP(=S)(OC)OC)C(=O)OCC. The van der Waals surface area contributed by atoms with Crippen molar-refractivity contribution in [3.63, 3.8) is 0 Å². The number of esters is 3. The Balaban J connectivity index is 5.68. The van der Waals surface area contributed by atoms with Crippen LogP contribution in [0.4, 0.5) is 0 Å². The van der Waals surface area contributed by atoms with Crippen LogP contribution in [-0.2, 0) is 54.0 Å². The molecule has 0 aromatic heterocycles. The molecule has 0 saturated heterocycles. The maximum atomic E-state index is 12.4. The first-order valence-corrected chi connectivity index (χ1v) is 9.60. The van der Waals surface area contributed by atoms with Gasteiger partial charge < -0.3 is 27.8 Å². The van der Waals surface area contributed by atoms with Gasteiger partial charge in [0, 0.05) is 21.1 Å². The first kappa shape index (κ1) is 22.9. The fourth-order valence-electron chi connectivity index (χ4n) is 1.49. The summed E-state index contributed by atoms with van der Waals surface area (Å²) in [6.07, 6.45) is 0. The summed E-state index contributed by atoms with van der Waals surface area (Å²) in [6, 6.07) is 0. The van der Waals surface area contributed by atoms with Crippen molar-refractivity contribution in [3.8, 4) is 0 Å². The van der Waals surface area contributed by atoms with Crippen LogP contribution >= 0.6 is 6.72 Å². The molecule has 0 aliphatic carbocycles. The van der Waals surface area contributed by atoms with Gasteiger partial charge in [-0.1, -0.05) is 0 Å². The molecule has 0 N–H and O–H groups in total. The maximum absolute atomic E-state index is 12.4. The molecule has 0 amide bonds. The number of rotatable bonds is 11. The van der Waals surface area contributed by atoms with Gasteiger partial charge >= 0.3 is 24.6 Å². The van der Waals surface area contributed by atoms with Gasteiger partial charge in [0.05, 0.1) is 19.8 Å². The highest BCUT2D eigenvalue weighted by Crippen LogP contribution is 2.49. The summed E-state index contributed by atoms with van der Waals surface area (Å²) in [5.74, 6) is -2.61. The lowest BCUT2D eigenvalue weighted by atomic mass is 9.90. The minimum absolute atomic E-state index is 0.00275. The zero-order valence-electron chi connectivity index (χ0n) is 14.4. The molecular formula is C13H23O9PS. The van der Waals surface area contributed by atoms with Crippen LogP contribution in [0.25, 0.3) is 0 Å². The third-order valence-electron chi connectivity index (χ3n) is 2.77. The minimum Gasteiger partial charge on any atom is -0.465 e. The van der Waals surface area contributed by atoms with E-state index in [4.69, 9.17) is 39.6 Å². The molecule has 0 bridgehead atoms. The standard InChI is InChI=1S/C13H23O9PS/c1-6-19-11(15)13(8-21-10(3)14,12(16)20-7-2)9-22-23(24,17-4)18-5/h6-9H2,1-5H3. The molecule has 9 nitrogen and oxygen atoms in total. The average Bonchev–Trinajstić information content (AvgIpc) is 2.55. The fourth-order valence-corrected chi connectivity index (χ4v) is 2.39. The van der Waals surface area contributed by atoms with E-state index in [0.717, 1.165) is 6.92 Å². The molecule has 140 valence electrons. The number of carbonyl (C=O) groups excluding carboxylic acids is 3. The normalized spacial score (nSPS) is 11.7. The second-order valence-electron chi connectivity index (χ2n) is 4.39. The third kappa shape index (κ3) is 6.45. The summed E-state index contributed by atoms with van der Waals surface area (Å²) in [5, 5.41) is 0. The van der Waals surface area contributed by atoms with Gasteiger partial charge in [-0.2, -0.15) is 0 Å². The highest BCUT2D eigenvalue weighted by Gasteiger charge is 2.52. The van der Waals surface area contributed by atoms with Crippen molar-refractivity contribution in [2.24, 2.45) is 5.41 Å². The van der Waals surface area contributed by atoms with Gasteiger partial charge in [0.15, 0.2) is 0 Å². The molecule has 0 radical (unpaired) electrons. The highest BCUT2D eigenvalue weighted by molar-refractivity contribution is 8.07. The second-order valence-corrected chi connectivity index (χ2v) is 7.61. The van der Waals surface area contributed by atoms with Crippen molar-refractivity contribution in [1.82, 2.24) is 0 Å². The van der Waals surface area contributed by atoms with Crippen molar-refractivity contribution >= 4 is 36.4 Å². The van der Waals surface area contributed by atoms with E-state index in [9.17, 15) is 14.4 Å². The molecule has 0 aliphatic heterocycles. The summed E-state index contributed by atoms with van der Waals surface area (Å²) in [5.41, 5.74) is -2.03. The monoisotopic (exact) mass is 386 g/mol. The molecule has 0 unspecified atom stereocenters. The largest absolute Gasteiger partial charge is 0.465 e. The molecule has 0 rings (SSSR count). The van der Waals surface area contributed by atoms with Gasteiger partial charge in [0.1, 0.15) is 6.61 Å². The van der Waals surface area contributed by atoms with E-state index in [1.807, 2.05) is 0 Å². The Kier molecular flexibility index (Phi) is 10.3. The van der Waals surface area contributed by atoms with Gasteiger partial charge in [-0.25, -0.2) is 0 Å². The Bertz CT molecular complexity index is 468. The van der Waals surface area contributed by atoms with Crippen molar-refractivity contribution < 1.29 is 42.2 Å². The predicted octanol–water partition coefficient (Wildman–Crippen LogP) is 1.20. The first-order chi connectivity index (χ1) is 11.2. The van der Waals surface area contributed by atoms with Crippen molar-refractivity contribution in [3.05, 3.63) is 0 Å². The van der Waals surface area contributed by atoms with E-state index in [2.05, 4.69) is 0 Å². The number of carbonyl (C=O) groups is 3. The van der Waals surface area contributed by atoms with Gasteiger partial charge in [-0.15, -0.1) is 0 Å². The molecule has 0 aliphatic rings. The van der Waals surface area contributed by atoms with Crippen LogP contribution in [-0.4, -0.2) is 58.6 Å². The highest BCUT2D eigenvalue weighted by atomic mass is 32.5. The topological polar surface area (TPSA) is 107 Å². The fraction of sp³-hybridized carbons (Fsp3) is 0.769. The van der Waals surface area contributed by atoms with E-state index in [1.54, 1.807) is 13.8 Å². The molecule has 0 heterocycles. The molecule has 24 heavy (non-hydrogen) atoms. The molecule has 0 spiro atoms. The smallest absolute Gasteiger partial charge is 0.329 e. The zero-order chi connectivity index (χ0) is 18.8. The van der Waals surface area contributed by atoms with Crippen LogP contribution in [0, 0.1) is 5.41 Å². The van der Waals surface area contributed by atoms with E-state index in [0.29, 0.717) is 0 Å². The Morgan fingerprint density at radius 3 is 1.71 bits per heavy atom. The van der Waals surface area contributed by atoms with Crippen molar-refractivity contribution in [2.75, 3.05) is 40.6 Å². The Labute approximate surface area is 146 Å². The summed E-state index contributed by atoms with van der Waals surface area (Å²) in [7, 11) is 2.54. The van der Waals surface area contributed by atoms with Gasteiger partial charge in [0.2, 0.25) is 5.41 Å². The van der Waals surface area contributed by atoms with E-state index in [-0.39, 0.29) is 13.2 Å². The Morgan fingerprint density at radius 2 is 1.38 bits per heavy atom. The first-order valence-electron chi connectivity index (χ1n) is 7.05. The van der Waals surface area contributed by atoms with E-state index >= 15 is 0 Å². The van der Waals surface area contributed by atoms with Crippen molar-refractivity contribution in [1.29, 1.82) is 0 Å². The van der Waals surface area contributed by atoms with Crippen LogP contribution in [0.1, 0.15) is 20.8 Å². The average molecular weight is 386 g/mol. The molecule has 0 aromatic carbocycles. The number of hydrogen-bond acceptors (Lipinski definition) is 10.